The van der Waals surface area contributed by atoms with E-state index < -0.39 is 0 Å². The predicted molar refractivity (Wildman–Crippen MR) is 92.6 cm³/mol. The second kappa shape index (κ2) is 5.94. The van der Waals surface area contributed by atoms with Crippen molar-refractivity contribution in [1.29, 1.82) is 0 Å². The van der Waals surface area contributed by atoms with E-state index in [1.54, 1.807) is 0 Å². The van der Waals surface area contributed by atoms with Crippen molar-refractivity contribution in [3.63, 3.8) is 0 Å². The van der Waals surface area contributed by atoms with Gasteiger partial charge in [0.25, 0.3) is 5.56 Å². The Morgan fingerprint density at radius 3 is 3.04 bits per heavy atom. The van der Waals surface area contributed by atoms with E-state index in [9.17, 15) is 4.79 Å². The van der Waals surface area contributed by atoms with Gasteiger partial charge in [-0.25, -0.2) is 4.68 Å². The first-order valence-corrected chi connectivity index (χ1v) is 8.48. The van der Waals surface area contributed by atoms with Crippen LogP contribution in [0.15, 0.2) is 23.0 Å². The molecule has 3 heterocycles. The zero-order chi connectivity index (χ0) is 16.7. The van der Waals surface area contributed by atoms with Gasteiger partial charge in [-0.2, -0.15) is 5.10 Å². The molecule has 2 aromatic heterocycles. The van der Waals surface area contributed by atoms with E-state index in [-0.39, 0.29) is 11.8 Å². The zero-order valence-electron chi connectivity index (χ0n) is 14.0. The summed E-state index contributed by atoms with van der Waals surface area (Å²) in [5.41, 5.74) is 2.22. The Morgan fingerprint density at radius 1 is 1.42 bits per heavy atom. The summed E-state index contributed by atoms with van der Waals surface area (Å²) in [6, 6.07) is 5.67. The number of nitrogens with one attached hydrogen (secondary N) is 1. The Morgan fingerprint density at radius 2 is 2.29 bits per heavy atom. The van der Waals surface area contributed by atoms with E-state index in [1.807, 2.05) is 36.7 Å². The van der Waals surface area contributed by atoms with E-state index >= 15 is 0 Å². The van der Waals surface area contributed by atoms with Gasteiger partial charge in [0.1, 0.15) is 17.5 Å². The summed E-state index contributed by atoms with van der Waals surface area (Å²) in [7, 11) is 0. The molecule has 24 heavy (non-hydrogen) atoms. The normalized spacial score (nSPS) is 18.3. The van der Waals surface area contributed by atoms with Gasteiger partial charge in [0.05, 0.1) is 23.2 Å². The van der Waals surface area contributed by atoms with Gasteiger partial charge in [0.2, 0.25) is 0 Å². The summed E-state index contributed by atoms with van der Waals surface area (Å²) in [5.74, 6) is 0.777. The maximum Gasteiger partial charge on any atom is 0.259 e. The first-order chi connectivity index (χ1) is 11.7. The van der Waals surface area contributed by atoms with Crippen LogP contribution in [0.25, 0.3) is 21.8 Å². The number of hydrogen-bond acceptors (Lipinski definition) is 4. The summed E-state index contributed by atoms with van der Waals surface area (Å²) < 4.78 is 13.3. The largest absolute Gasteiger partial charge is 0.494 e. The Balaban J connectivity index is 1.96. The minimum absolute atomic E-state index is 0.0873. The number of ether oxygens (including phenoxy) is 2. The van der Waals surface area contributed by atoms with E-state index in [1.165, 1.54) is 0 Å². The van der Waals surface area contributed by atoms with Crippen molar-refractivity contribution in [1.82, 2.24) is 14.8 Å². The zero-order valence-corrected chi connectivity index (χ0v) is 14.0. The average molecular weight is 327 g/mol. The number of aryl methyl sites for hydroxylation is 1. The lowest BCUT2D eigenvalue weighted by molar-refractivity contribution is -0.0402. The molecule has 6 nitrogen and oxygen atoms in total. The van der Waals surface area contributed by atoms with Crippen LogP contribution in [0.1, 0.15) is 38.1 Å². The fourth-order valence-corrected chi connectivity index (χ4v) is 3.45. The maximum absolute atomic E-state index is 12.5. The molecular weight excluding hydrogens is 306 g/mol. The van der Waals surface area contributed by atoms with Gasteiger partial charge < -0.3 is 14.5 Å². The van der Waals surface area contributed by atoms with Crippen LogP contribution in [-0.4, -0.2) is 28.0 Å². The summed E-state index contributed by atoms with van der Waals surface area (Å²) in [4.78, 5) is 15.5. The van der Waals surface area contributed by atoms with E-state index in [2.05, 4.69) is 4.98 Å². The Hall–Kier alpha value is -2.34. The highest BCUT2D eigenvalue weighted by atomic mass is 16.5. The fourth-order valence-electron chi connectivity index (χ4n) is 3.45. The number of aromatic amines is 1. The molecule has 0 bridgehead atoms. The smallest absolute Gasteiger partial charge is 0.259 e. The molecule has 0 spiro atoms. The van der Waals surface area contributed by atoms with Gasteiger partial charge >= 0.3 is 0 Å². The number of H-pyrrole nitrogens is 1. The quantitative estimate of drug-likeness (QED) is 0.801. The van der Waals surface area contributed by atoms with E-state index in [0.717, 1.165) is 48.2 Å². The number of pyridine rings is 1. The molecule has 1 unspecified atom stereocenters. The van der Waals surface area contributed by atoms with Crippen molar-refractivity contribution >= 4 is 21.8 Å². The third-order valence-electron chi connectivity index (χ3n) is 4.61. The molecule has 1 N–H and O–H groups in total. The number of benzene rings is 1. The van der Waals surface area contributed by atoms with Crippen LogP contribution in [0, 0.1) is 6.92 Å². The van der Waals surface area contributed by atoms with Crippen molar-refractivity contribution in [2.24, 2.45) is 0 Å². The molecule has 126 valence electrons. The Kier molecular flexibility index (Phi) is 3.76. The summed E-state index contributed by atoms with van der Waals surface area (Å²) >= 11 is 0. The van der Waals surface area contributed by atoms with Gasteiger partial charge in [0, 0.05) is 12.0 Å². The highest BCUT2D eigenvalue weighted by Gasteiger charge is 2.22. The second-order valence-corrected chi connectivity index (χ2v) is 6.17. The van der Waals surface area contributed by atoms with Crippen molar-refractivity contribution in [3.05, 3.63) is 34.2 Å². The minimum atomic E-state index is -0.110. The van der Waals surface area contributed by atoms with Crippen LogP contribution >= 0.6 is 0 Å². The first-order valence-electron chi connectivity index (χ1n) is 8.48. The highest BCUT2D eigenvalue weighted by Crippen LogP contribution is 2.30. The standard InChI is InChI=1S/C18H21N3O3/c1-3-23-12-7-8-14-13(10-12)17-16(18(22)19-14)11(2)21(20-17)15-6-4-5-9-24-15/h7-8,10,15H,3-6,9H2,1-2H3,(H,19,22). The van der Waals surface area contributed by atoms with Crippen LogP contribution in [-0.2, 0) is 4.74 Å². The molecule has 1 saturated heterocycles. The van der Waals surface area contributed by atoms with Crippen molar-refractivity contribution < 1.29 is 9.47 Å². The number of nitrogens with zero attached hydrogens (tertiary/aromatic N) is 2. The van der Waals surface area contributed by atoms with Crippen LogP contribution in [0.3, 0.4) is 0 Å². The molecule has 6 heteroatoms. The van der Waals surface area contributed by atoms with E-state index in [4.69, 9.17) is 14.6 Å². The SMILES string of the molecule is CCOc1ccc2[nH]c(=O)c3c(C)n(C4CCCCO4)nc3c2c1. The molecule has 3 aromatic rings. The molecule has 1 aliphatic rings. The first kappa shape index (κ1) is 15.2. The monoisotopic (exact) mass is 327 g/mol. The Labute approximate surface area is 139 Å². The topological polar surface area (TPSA) is 69.1 Å². The molecule has 1 aliphatic heterocycles. The van der Waals surface area contributed by atoms with E-state index in [0.29, 0.717) is 17.5 Å². The lowest BCUT2D eigenvalue weighted by atomic mass is 10.1. The van der Waals surface area contributed by atoms with Gasteiger partial charge in [-0.3, -0.25) is 4.79 Å². The number of hydrogen-bond donors (Lipinski definition) is 1. The van der Waals surface area contributed by atoms with Crippen LogP contribution in [0.4, 0.5) is 0 Å². The molecule has 0 radical (unpaired) electrons. The van der Waals surface area contributed by atoms with Crippen LogP contribution < -0.4 is 10.3 Å². The van der Waals surface area contributed by atoms with Crippen LogP contribution in [0.2, 0.25) is 0 Å². The molecule has 1 atom stereocenters. The number of fused-ring (bicyclic) bond motifs is 3. The highest BCUT2D eigenvalue weighted by molar-refractivity contribution is 6.04. The molecule has 1 aromatic carbocycles. The fraction of sp³-hybridized carbons (Fsp3) is 0.444. The lowest BCUT2D eigenvalue weighted by Crippen LogP contribution is -2.20. The van der Waals surface area contributed by atoms with Crippen molar-refractivity contribution in [2.45, 2.75) is 39.3 Å². The van der Waals surface area contributed by atoms with Gasteiger partial charge in [-0.1, -0.05) is 0 Å². The molecule has 1 fully saturated rings. The van der Waals surface area contributed by atoms with Gasteiger partial charge in [-0.15, -0.1) is 0 Å². The third-order valence-corrected chi connectivity index (χ3v) is 4.61. The van der Waals surface area contributed by atoms with Crippen molar-refractivity contribution in [3.8, 4) is 5.75 Å². The van der Waals surface area contributed by atoms with Crippen LogP contribution in [0.5, 0.6) is 5.75 Å². The molecule has 0 amide bonds. The van der Waals surface area contributed by atoms with Crippen molar-refractivity contribution in [2.75, 3.05) is 13.2 Å². The van der Waals surface area contributed by atoms with Gasteiger partial charge in [0.15, 0.2) is 0 Å². The Bertz CT molecular complexity index is 951. The summed E-state index contributed by atoms with van der Waals surface area (Å²) in [6.45, 7) is 5.22. The average Bonchev–Trinajstić information content (AvgIpc) is 2.95. The maximum atomic E-state index is 12.5. The molecule has 0 saturated carbocycles. The molecule has 4 rings (SSSR count). The molecule has 0 aliphatic carbocycles. The van der Waals surface area contributed by atoms with Gasteiger partial charge in [-0.05, 0) is 51.3 Å². The summed E-state index contributed by atoms with van der Waals surface area (Å²) in [6.07, 6.45) is 3.04. The number of aromatic nitrogens is 3. The summed E-state index contributed by atoms with van der Waals surface area (Å²) in [5, 5.41) is 6.27. The lowest BCUT2D eigenvalue weighted by Gasteiger charge is -2.23. The third kappa shape index (κ3) is 2.38. The second-order valence-electron chi connectivity index (χ2n) is 6.17. The minimum Gasteiger partial charge on any atom is -0.494 e. The number of rotatable bonds is 3. The predicted octanol–water partition coefficient (Wildman–Crippen LogP) is 3.28. The molecular formula is C18H21N3O3.